The molecule has 0 aromatic heterocycles. The normalized spacial score (nSPS) is 9.64. The van der Waals surface area contributed by atoms with Gasteiger partial charge in [0.25, 0.3) is 0 Å². The van der Waals surface area contributed by atoms with E-state index in [1.165, 1.54) is 0 Å². The number of carbonyl (C=O) groups is 1. The molecule has 58 valence electrons. The molecule has 0 bridgehead atoms. The predicted molar refractivity (Wildman–Crippen MR) is 46.1 cm³/mol. The van der Waals surface area contributed by atoms with Gasteiger partial charge >= 0.3 is 0 Å². The Morgan fingerprint density at radius 1 is 1.55 bits per heavy atom. The van der Waals surface area contributed by atoms with E-state index in [4.69, 9.17) is 11.6 Å². The summed E-state index contributed by atoms with van der Waals surface area (Å²) in [6.45, 7) is 1.90. The molecule has 0 aliphatic rings. The van der Waals surface area contributed by atoms with Crippen molar-refractivity contribution in [2.75, 3.05) is 0 Å². The Morgan fingerprint density at radius 3 is 2.73 bits per heavy atom. The maximum atomic E-state index is 10.4. The highest BCUT2D eigenvalue weighted by atomic mass is 35.5. The topological polar surface area (TPSA) is 17.1 Å². The molecule has 11 heavy (non-hydrogen) atoms. The molecule has 1 aromatic rings. The summed E-state index contributed by atoms with van der Waals surface area (Å²) in [5.41, 5.74) is 2.77. The monoisotopic (exact) mass is 168 g/mol. The molecule has 2 heteroatoms. The lowest BCUT2D eigenvalue weighted by atomic mass is 10.1. The van der Waals surface area contributed by atoms with Crippen LogP contribution in [0.2, 0.25) is 0 Å². The number of halogens is 1. The first-order chi connectivity index (χ1) is 5.27. The second kappa shape index (κ2) is 3.54. The van der Waals surface area contributed by atoms with E-state index in [2.05, 4.69) is 0 Å². The van der Waals surface area contributed by atoms with Gasteiger partial charge in [0, 0.05) is 11.4 Å². The van der Waals surface area contributed by atoms with Crippen LogP contribution in [0, 0.1) is 6.92 Å². The molecular formula is C9H9ClO. The third kappa shape index (κ3) is 1.81. The molecule has 0 saturated heterocycles. The molecule has 0 fully saturated rings. The van der Waals surface area contributed by atoms with Crippen LogP contribution < -0.4 is 0 Å². The van der Waals surface area contributed by atoms with E-state index in [1.54, 1.807) is 6.07 Å². The van der Waals surface area contributed by atoms with Crippen molar-refractivity contribution in [2.45, 2.75) is 12.8 Å². The van der Waals surface area contributed by atoms with Crippen molar-refractivity contribution in [3.05, 3.63) is 34.9 Å². The van der Waals surface area contributed by atoms with E-state index in [-0.39, 0.29) is 0 Å². The van der Waals surface area contributed by atoms with E-state index >= 15 is 0 Å². The average molecular weight is 169 g/mol. The third-order valence-corrected chi connectivity index (χ3v) is 1.92. The van der Waals surface area contributed by atoms with Gasteiger partial charge in [-0.3, -0.25) is 4.79 Å². The number of hydrogen-bond donors (Lipinski definition) is 0. The quantitative estimate of drug-likeness (QED) is 0.490. The first kappa shape index (κ1) is 8.28. The fourth-order valence-corrected chi connectivity index (χ4v) is 1.12. The van der Waals surface area contributed by atoms with Crippen LogP contribution in [-0.2, 0) is 5.88 Å². The zero-order chi connectivity index (χ0) is 8.27. The Morgan fingerprint density at radius 2 is 2.27 bits per heavy atom. The largest absolute Gasteiger partial charge is 0.298 e. The van der Waals surface area contributed by atoms with Crippen LogP contribution in [0.5, 0.6) is 0 Å². The lowest BCUT2D eigenvalue weighted by Gasteiger charge is -1.99. The molecule has 0 unspecified atom stereocenters. The average Bonchev–Trinajstić information content (AvgIpc) is 2.04. The number of carbonyl (C=O) groups excluding carboxylic acids is 1. The fourth-order valence-electron chi connectivity index (χ4n) is 0.953. The zero-order valence-corrected chi connectivity index (χ0v) is 7.06. The van der Waals surface area contributed by atoms with Gasteiger partial charge in [0.1, 0.15) is 6.29 Å². The Hall–Kier alpha value is -0.820. The van der Waals surface area contributed by atoms with Crippen molar-refractivity contribution in [3.8, 4) is 0 Å². The Bertz CT molecular complexity index is 268. The van der Waals surface area contributed by atoms with Crippen LogP contribution in [0.15, 0.2) is 18.2 Å². The van der Waals surface area contributed by atoms with Crippen LogP contribution in [0.1, 0.15) is 21.5 Å². The molecule has 0 heterocycles. The molecule has 1 aromatic carbocycles. The molecule has 1 rings (SSSR count). The molecule has 0 atom stereocenters. The summed E-state index contributed by atoms with van der Waals surface area (Å²) in [6, 6.07) is 5.58. The summed E-state index contributed by atoms with van der Waals surface area (Å²) in [5, 5.41) is 0. The number of rotatable bonds is 2. The van der Waals surface area contributed by atoms with E-state index in [0.717, 1.165) is 23.0 Å². The summed E-state index contributed by atoms with van der Waals surface area (Å²) in [4.78, 5) is 10.4. The van der Waals surface area contributed by atoms with E-state index in [0.29, 0.717) is 5.88 Å². The smallest absolute Gasteiger partial charge is 0.150 e. The van der Waals surface area contributed by atoms with Crippen molar-refractivity contribution < 1.29 is 4.79 Å². The van der Waals surface area contributed by atoms with Gasteiger partial charge < -0.3 is 0 Å². The second-order valence-corrected chi connectivity index (χ2v) is 2.71. The summed E-state index contributed by atoms with van der Waals surface area (Å²) < 4.78 is 0. The maximum Gasteiger partial charge on any atom is 0.150 e. The molecule has 0 aliphatic heterocycles. The van der Waals surface area contributed by atoms with Gasteiger partial charge in [-0.25, -0.2) is 0 Å². The Labute approximate surface area is 71.0 Å². The Kier molecular flexibility index (Phi) is 2.66. The SMILES string of the molecule is Cc1cc(CCl)ccc1C=O. The van der Waals surface area contributed by atoms with Gasteiger partial charge in [0.05, 0.1) is 0 Å². The van der Waals surface area contributed by atoms with Crippen molar-refractivity contribution in [2.24, 2.45) is 0 Å². The molecule has 1 nitrogen and oxygen atoms in total. The van der Waals surface area contributed by atoms with Crippen molar-refractivity contribution in [1.29, 1.82) is 0 Å². The number of aldehydes is 1. The minimum absolute atomic E-state index is 0.500. The van der Waals surface area contributed by atoms with Crippen molar-refractivity contribution in [1.82, 2.24) is 0 Å². The molecular weight excluding hydrogens is 160 g/mol. The standard InChI is InChI=1S/C9H9ClO/c1-7-4-8(5-10)2-3-9(7)6-11/h2-4,6H,5H2,1H3. The van der Waals surface area contributed by atoms with Gasteiger partial charge in [-0.15, -0.1) is 11.6 Å². The number of benzene rings is 1. The first-order valence-electron chi connectivity index (χ1n) is 3.38. The van der Waals surface area contributed by atoms with Crippen LogP contribution >= 0.6 is 11.6 Å². The minimum Gasteiger partial charge on any atom is -0.298 e. The highest BCUT2D eigenvalue weighted by Crippen LogP contribution is 2.10. The van der Waals surface area contributed by atoms with Gasteiger partial charge in [-0.05, 0) is 18.1 Å². The molecule has 0 N–H and O–H groups in total. The first-order valence-corrected chi connectivity index (χ1v) is 3.92. The van der Waals surface area contributed by atoms with Crippen LogP contribution in [0.4, 0.5) is 0 Å². The molecule has 0 amide bonds. The fraction of sp³-hybridized carbons (Fsp3) is 0.222. The van der Waals surface area contributed by atoms with E-state index in [9.17, 15) is 4.79 Å². The highest BCUT2D eigenvalue weighted by molar-refractivity contribution is 6.17. The summed E-state index contributed by atoms with van der Waals surface area (Å²) >= 11 is 5.61. The minimum atomic E-state index is 0.500. The maximum absolute atomic E-state index is 10.4. The van der Waals surface area contributed by atoms with Gasteiger partial charge in [0.15, 0.2) is 0 Å². The zero-order valence-electron chi connectivity index (χ0n) is 6.30. The lowest BCUT2D eigenvalue weighted by Crippen LogP contribution is -1.87. The van der Waals surface area contributed by atoms with Crippen LogP contribution in [-0.4, -0.2) is 6.29 Å². The summed E-state index contributed by atoms with van der Waals surface area (Å²) in [7, 11) is 0. The van der Waals surface area contributed by atoms with Gasteiger partial charge in [0.2, 0.25) is 0 Å². The highest BCUT2D eigenvalue weighted by Gasteiger charge is 1.96. The molecule has 0 aliphatic carbocycles. The van der Waals surface area contributed by atoms with Crippen molar-refractivity contribution in [3.63, 3.8) is 0 Å². The number of hydrogen-bond acceptors (Lipinski definition) is 1. The van der Waals surface area contributed by atoms with E-state index in [1.807, 2.05) is 19.1 Å². The number of aryl methyl sites for hydroxylation is 1. The molecule has 0 saturated carbocycles. The van der Waals surface area contributed by atoms with Crippen molar-refractivity contribution >= 4 is 17.9 Å². The molecule has 0 spiro atoms. The summed E-state index contributed by atoms with van der Waals surface area (Å²) in [5.74, 6) is 0.500. The summed E-state index contributed by atoms with van der Waals surface area (Å²) in [6.07, 6.45) is 0.855. The number of alkyl halides is 1. The van der Waals surface area contributed by atoms with E-state index < -0.39 is 0 Å². The van der Waals surface area contributed by atoms with Gasteiger partial charge in [-0.1, -0.05) is 18.2 Å². The van der Waals surface area contributed by atoms with Gasteiger partial charge in [-0.2, -0.15) is 0 Å². The lowest BCUT2D eigenvalue weighted by molar-refractivity contribution is 0.112. The van der Waals surface area contributed by atoms with Crippen LogP contribution in [0.3, 0.4) is 0 Å². The molecule has 0 radical (unpaired) electrons. The third-order valence-electron chi connectivity index (χ3n) is 1.62. The second-order valence-electron chi connectivity index (χ2n) is 2.44. The predicted octanol–water partition coefficient (Wildman–Crippen LogP) is 2.55. The Balaban J connectivity index is 3.09. The van der Waals surface area contributed by atoms with Crippen LogP contribution in [0.25, 0.3) is 0 Å².